The molecule has 24 heavy (non-hydrogen) atoms. The lowest BCUT2D eigenvalue weighted by Crippen LogP contribution is -2.38. The Morgan fingerprint density at radius 1 is 1.21 bits per heavy atom. The normalized spacial score (nSPS) is 15.0. The number of hydrogen-bond acceptors (Lipinski definition) is 4. The molecule has 136 valence electrons. The van der Waals surface area contributed by atoms with Gasteiger partial charge in [-0.15, -0.1) is 10.2 Å². The highest BCUT2D eigenvalue weighted by atomic mass is 32.2. The SMILES string of the molecule is CCNC(=NCCCCSC)NCCc1nnc2n1CCCCC2. The summed E-state index contributed by atoms with van der Waals surface area (Å²) in [6.07, 6.45) is 10.3. The van der Waals surface area contributed by atoms with Gasteiger partial charge in [-0.1, -0.05) is 6.42 Å². The molecule has 2 rings (SSSR count). The third-order valence-electron chi connectivity index (χ3n) is 4.20. The van der Waals surface area contributed by atoms with E-state index >= 15 is 0 Å². The van der Waals surface area contributed by atoms with E-state index in [2.05, 4.69) is 43.6 Å². The van der Waals surface area contributed by atoms with E-state index in [0.717, 1.165) is 63.0 Å². The molecule has 0 radical (unpaired) electrons. The van der Waals surface area contributed by atoms with E-state index < -0.39 is 0 Å². The van der Waals surface area contributed by atoms with Crippen molar-refractivity contribution in [3.05, 3.63) is 11.6 Å². The number of aryl methyl sites for hydroxylation is 1. The second-order valence-electron chi connectivity index (χ2n) is 6.13. The Morgan fingerprint density at radius 3 is 2.96 bits per heavy atom. The number of hydrogen-bond donors (Lipinski definition) is 2. The third kappa shape index (κ3) is 6.34. The first-order valence-corrected chi connectivity index (χ1v) is 10.7. The number of thioether (sulfide) groups is 1. The van der Waals surface area contributed by atoms with Crippen molar-refractivity contribution in [2.75, 3.05) is 31.6 Å². The summed E-state index contributed by atoms with van der Waals surface area (Å²) in [6, 6.07) is 0. The largest absolute Gasteiger partial charge is 0.357 e. The first-order chi connectivity index (χ1) is 11.8. The highest BCUT2D eigenvalue weighted by Gasteiger charge is 2.14. The van der Waals surface area contributed by atoms with E-state index in [1.807, 2.05) is 11.8 Å². The molecule has 1 aliphatic rings. The van der Waals surface area contributed by atoms with Crippen molar-refractivity contribution in [2.24, 2.45) is 4.99 Å². The number of aromatic nitrogens is 3. The molecule has 7 heteroatoms. The smallest absolute Gasteiger partial charge is 0.191 e. The van der Waals surface area contributed by atoms with Gasteiger partial charge in [-0.3, -0.25) is 4.99 Å². The van der Waals surface area contributed by atoms with Crippen LogP contribution in [0.3, 0.4) is 0 Å². The Bertz CT molecular complexity index is 499. The average molecular weight is 353 g/mol. The highest BCUT2D eigenvalue weighted by Crippen LogP contribution is 2.14. The van der Waals surface area contributed by atoms with Crippen molar-refractivity contribution >= 4 is 17.7 Å². The number of unbranched alkanes of at least 4 members (excludes halogenated alkanes) is 1. The lowest BCUT2D eigenvalue weighted by Gasteiger charge is -2.12. The molecule has 0 bridgehead atoms. The standard InChI is InChI=1S/C17H32N6S/c1-3-18-17(19-11-6-8-14-24-2)20-12-10-16-22-21-15-9-5-4-7-13-23(15)16/h3-14H2,1-2H3,(H2,18,19,20). The van der Waals surface area contributed by atoms with Crippen molar-refractivity contribution in [3.8, 4) is 0 Å². The van der Waals surface area contributed by atoms with Crippen LogP contribution < -0.4 is 10.6 Å². The lowest BCUT2D eigenvalue weighted by atomic mass is 10.2. The van der Waals surface area contributed by atoms with Crippen molar-refractivity contribution in [1.82, 2.24) is 25.4 Å². The van der Waals surface area contributed by atoms with Crippen LogP contribution in [0.4, 0.5) is 0 Å². The van der Waals surface area contributed by atoms with Gasteiger partial charge in [0.1, 0.15) is 11.6 Å². The zero-order valence-corrected chi connectivity index (χ0v) is 16.0. The molecule has 1 aromatic rings. The van der Waals surface area contributed by atoms with Crippen molar-refractivity contribution in [2.45, 2.75) is 58.4 Å². The maximum Gasteiger partial charge on any atom is 0.191 e. The van der Waals surface area contributed by atoms with Crippen molar-refractivity contribution in [3.63, 3.8) is 0 Å². The van der Waals surface area contributed by atoms with Crippen LogP contribution in [0.25, 0.3) is 0 Å². The first-order valence-electron chi connectivity index (χ1n) is 9.27. The molecule has 1 aromatic heterocycles. The van der Waals surface area contributed by atoms with Gasteiger partial charge in [-0.05, 0) is 44.6 Å². The molecular formula is C17H32N6S. The minimum absolute atomic E-state index is 0.842. The van der Waals surface area contributed by atoms with Gasteiger partial charge in [-0.25, -0.2) is 0 Å². The van der Waals surface area contributed by atoms with E-state index in [0.29, 0.717) is 0 Å². The van der Waals surface area contributed by atoms with Gasteiger partial charge >= 0.3 is 0 Å². The Kier molecular flexibility index (Phi) is 9.02. The molecule has 0 fully saturated rings. The molecule has 0 saturated heterocycles. The van der Waals surface area contributed by atoms with Crippen LogP contribution in [-0.4, -0.2) is 52.4 Å². The Balaban J connectivity index is 1.78. The Hall–Kier alpha value is -1.24. The molecule has 0 atom stereocenters. The van der Waals surface area contributed by atoms with E-state index in [9.17, 15) is 0 Å². The van der Waals surface area contributed by atoms with Crippen molar-refractivity contribution in [1.29, 1.82) is 0 Å². The third-order valence-corrected chi connectivity index (χ3v) is 4.89. The average Bonchev–Trinajstić information content (AvgIpc) is 2.81. The van der Waals surface area contributed by atoms with Crippen LogP contribution in [-0.2, 0) is 19.4 Å². The van der Waals surface area contributed by atoms with Crippen LogP contribution in [0.1, 0.15) is 50.7 Å². The molecular weight excluding hydrogens is 320 g/mol. The maximum absolute atomic E-state index is 4.65. The van der Waals surface area contributed by atoms with E-state index in [1.165, 1.54) is 31.4 Å². The summed E-state index contributed by atoms with van der Waals surface area (Å²) in [6.45, 7) is 5.78. The summed E-state index contributed by atoms with van der Waals surface area (Å²) < 4.78 is 2.32. The Labute approximate surface area is 150 Å². The summed E-state index contributed by atoms with van der Waals surface area (Å²) in [5.74, 6) is 4.40. The van der Waals surface area contributed by atoms with Gasteiger partial charge in [0.15, 0.2) is 5.96 Å². The van der Waals surface area contributed by atoms with Gasteiger partial charge in [0.2, 0.25) is 0 Å². The lowest BCUT2D eigenvalue weighted by molar-refractivity contribution is 0.600. The van der Waals surface area contributed by atoms with E-state index in [-0.39, 0.29) is 0 Å². The first kappa shape index (κ1) is 19.1. The second kappa shape index (κ2) is 11.3. The van der Waals surface area contributed by atoms with Gasteiger partial charge in [0.05, 0.1) is 0 Å². The predicted octanol–water partition coefficient (Wildman–Crippen LogP) is 2.25. The molecule has 2 N–H and O–H groups in total. The molecule has 0 aromatic carbocycles. The summed E-state index contributed by atoms with van der Waals surface area (Å²) in [4.78, 5) is 4.65. The van der Waals surface area contributed by atoms with E-state index in [1.54, 1.807) is 0 Å². The van der Waals surface area contributed by atoms with Crippen LogP contribution >= 0.6 is 11.8 Å². The predicted molar refractivity (Wildman–Crippen MR) is 103 cm³/mol. The number of rotatable bonds is 9. The topological polar surface area (TPSA) is 67.1 Å². The number of aliphatic imine (C=N–C) groups is 1. The molecule has 0 spiro atoms. The molecule has 0 unspecified atom stereocenters. The number of nitrogens with zero attached hydrogens (tertiary/aromatic N) is 4. The highest BCUT2D eigenvalue weighted by molar-refractivity contribution is 7.98. The van der Waals surface area contributed by atoms with Gasteiger partial charge in [0, 0.05) is 39.0 Å². The molecule has 6 nitrogen and oxygen atoms in total. The van der Waals surface area contributed by atoms with Gasteiger partial charge < -0.3 is 15.2 Å². The summed E-state index contributed by atoms with van der Waals surface area (Å²) in [5, 5.41) is 15.5. The fraction of sp³-hybridized carbons (Fsp3) is 0.824. The minimum atomic E-state index is 0.842. The van der Waals surface area contributed by atoms with E-state index in [4.69, 9.17) is 0 Å². The molecule has 1 aliphatic heterocycles. The van der Waals surface area contributed by atoms with Crippen molar-refractivity contribution < 1.29 is 0 Å². The summed E-state index contributed by atoms with van der Waals surface area (Å²) in [5.41, 5.74) is 0. The second-order valence-corrected chi connectivity index (χ2v) is 7.12. The van der Waals surface area contributed by atoms with Crippen LogP contribution in [0.2, 0.25) is 0 Å². The van der Waals surface area contributed by atoms with Gasteiger partial charge in [0.25, 0.3) is 0 Å². The van der Waals surface area contributed by atoms with Gasteiger partial charge in [-0.2, -0.15) is 11.8 Å². The fourth-order valence-electron chi connectivity index (χ4n) is 2.91. The number of nitrogens with one attached hydrogen (secondary N) is 2. The Morgan fingerprint density at radius 2 is 2.12 bits per heavy atom. The van der Waals surface area contributed by atoms with Crippen LogP contribution in [0.15, 0.2) is 4.99 Å². The quantitative estimate of drug-likeness (QED) is 0.405. The number of guanidine groups is 1. The molecule has 0 amide bonds. The molecule has 0 aliphatic carbocycles. The van der Waals surface area contributed by atoms with Crippen LogP contribution in [0.5, 0.6) is 0 Å². The molecule has 2 heterocycles. The van der Waals surface area contributed by atoms with Crippen LogP contribution in [0, 0.1) is 0 Å². The molecule has 0 saturated carbocycles. The summed E-state index contributed by atoms with van der Waals surface area (Å²) >= 11 is 1.90. The monoisotopic (exact) mass is 352 g/mol. The zero-order chi connectivity index (χ0) is 17.0. The summed E-state index contributed by atoms with van der Waals surface area (Å²) in [7, 11) is 0. The fourth-order valence-corrected chi connectivity index (χ4v) is 3.41. The zero-order valence-electron chi connectivity index (χ0n) is 15.2. The number of fused-ring (bicyclic) bond motifs is 1. The minimum Gasteiger partial charge on any atom is -0.357 e. The maximum atomic E-state index is 4.65.